The molecule has 0 aliphatic carbocycles. The van der Waals surface area contributed by atoms with Gasteiger partial charge >= 0.3 is 0 Å². The van der Waals surface area contributed by atoms with Crippen LogP contribution in [-0.2, 0) is 11.2 Å². The number of aromatic nitrogens is 2. The molecule has 2 rings (SSSR count). The molecule has 0 saturated carbocycles. The van der Waals surface area contributed by atoms with Gasteiger partial charge in [-0.15, -0.1) is 10.2 Å². The number of carbonyl (C=O) groups excluding carboxylic acids is 2. The molecule has 1 heterocycles. The summed E-state index contributed by atoms with van der Waals surface area (Å²) in [5.41, 5.74) is 1.52. The van der Waals surface area contributed by atoms with Gasteiger partial charge in [-0.25, -0.2) is 0 Å². The van der Waals surface area contributed by atoms with E-state index in [1.807, 2.05) is 19.1 Å². The summed E-state index contributed by atoms with van der Waals surface area (Å²) in [7, 11) is 0. The minimum atomic E-state index is -0.671. The molecule has 0 radical (unpaired) electrons. The van der Waals surface area contributed by atoms with E-state index in [2.05, 4.69) is 34.7 Å². The first-order valence-corrected chi connectivity index (χ1v) is 8.67. The maximum absolute atomic E-state index is 12.2. The molecule has 7 heteroatoms. The third-order valence-corrected chi connectivity index (χ3v) is 4.16. The molecule has 2 aromatic rings. The van der Waals surface area contributed by atoms with Crippen molar-refractivity contribution in [3.8, 4) is 0 Å². The van der Waals surface area contributed by atoms with Crippen LogP contribution in [0.1, 0.15) is 41.7 Å². The van der Waals surface area contributed by atoms with E-state index >= 15 is 0 Å². The Labute approximate surface area is 145 Å². The molecule has 0 spiro atoms. The van der Waals surface area contributed by atoms with E-state index in [0.29, 0.717) is 16.6 Å². The third-order valence-electron chi connectivity index (χ3n) is 3.30. The molecule has 0 aliphatic rings. The summed E-state index contributed by atoms with van der Waals surface area (Å²) < 4.78 is 0. The summed E-state index contributed by atoms with van der Waals surface area (Å²) >= 11 is 1.36. The molecule has 2 amide bonds. The van der Waals surface area contributed by atoms with Gasteiger partial charge in [-0.2, -0.15) is 0 Å². The Balaban J connectivity index is 1.92. The van der Waals surface area contributed by atoms with Gasteiger partial charge in [0.25, 0.3) is 5.91 Å². The molecular formula is C17H22N4O2S. The molecule has 128 valence electrons. The molecule has 1 aromatic carbocycles. The fourth-order valence-electron chi connectivity index (χ4n) is 2.08. The SMILES string of the molecule is Cc1cccc(C(=O)NC(C)C(=O)Nc2nnc(CC(C)C)s2)c1. The molecule has 1 aromatic heterocycles. The lowest BCUT2D eigenvalue weighted by Gasteiger charge is -2.13. The fraction of sp³-hybridized carbons (Fsp3) is 0.412. The van der Waals surface area contributed by atoms with E-state index in [1.54, 1.807) is 19.1 Å². The molecule has 0 bridgehead atoms. The van der Waals surface area contributed by atoms with Crippen LogP contribution in [0.2, 0.25) is 0 Å². The van der Waals surface area contributed by atoms with Crippen molar-refractivity contribution in [3.05, 3.63) is 40.4 Å². The lowest BCUT2D eigenvalue weighted by Crippen LogP contribution is -2.41. The molecule has 1 atom stereocenters. The number of carbonyl (C=O) groups is 2. The number of hydrogen-bond donors (Lipinski definition) is 2. The van der Waals surface area contributed by atoms with E-state index in [1.165, 1.54) is 11.3 Å². The number of amides is 2. The van der Waals surface area contributed by atoms with Gasteiger partial charge in [0.2, 0.25) is 11.0 Å². The maximum atomic E-state index is 12.2. The number of aryl methyl sites for hydroxylation is 1. The second-order valence-electron chi connectivity index (χ2n) is 6.15. The van der Waals surface area contributed by atoms with Crippen molar-refractivity contribution in [2.75, 3.05) is 5.32 Å². The van der Waals surface area contributed by atoms with Crippen LogP contribution in [0.15, 0.2) is 24.3 Å². The van der Waals surface area contributed by atoms with Crippen LogP contribution in [-0.4, -0.2) is 28.1 Å². The van der Waals surface area contributed by atoms with Gasteiger partial charge in [0.1, 0.15) is 11.0 Å². The lowest BCUT2D eigenvalue weighted by atomic mass is 10.1. The average Bonchev–Trinajstić information content (AvgIpc) is 2.93. The summed E-state index contributed by atoms with van der Waals surface area (Å²) in [6.07, 6.45) is 0.827. The number of anilines is 1. The Hall–Kier alpha value is -2.28. The first-order chi connectivity index (χ1) is 11.3. The van der Waals surface area contributed by atoms with Crippen LogP contribution >= 0.6 is 11.3 Å². The van der Waals surface area contributed by atoms with Gasteiger partial charge in [0.15, 0.2) is 0 Å². The van der Waals surface area contributed by atoms with Gasteiger partial charge in [-0.3, -0.25) is 14.9 Å². The van der Waals surface area contributed by atoms with Gasteiger partial charge in [-0.05, 0) is 31.9 Å². The summed E-state index contributed by atoms with van der Waals surface area (Å²) in [6.45, 7) is 7.75. The zero-order valence-electron chi connectivity index (χ0n) is 14.3. The predicted octanol–water partition coefficient (Wildman–Crippen LogP) is 2.80. The average molecular weight is 346 g/mol. The summed E-state index contributed by atoms with van der Waals surface area (Å²) in [4.78, 5) is 24.4. The highest BCUT2D eigenvalue weighted by Gasteiger charge is 2.18. The number of hydrogen-bond acceptors (Lipinski definition) is 5. The number of rotatable bonds is 6. The highest BCUT2D eigenvalue weighted by Crippen LogP contribution is 2.18. The standard InChI is InChI=1S/C17H22N4O2S/c1-10(2)8-14-20-21-17(24-14)19-15(22)12(4)18-16(23)13-7-5-6-11(3)9-13/h5-7,9-10,12H,8H2,1-4H3,(H,18,23)(H,19,21,22). The Kier molecular flexibility index (Phi) is 6.03. The van der Waals surface area contributed by atoms with Crippen LogP contribution < -0.4 is 10.6 Å². The van der Waals surface area contributed by atoms with Crippen molar-refractivity contribution in [3.63, 3.8) is 0 Å². The molecule has 0 fully saturated rings. The molecule has 24 heavy (non-hydrogen) atoms. The van der Waals surface area contributed by atoms with Gasteiger partial charge in [0.05, 0.1) is 0 Å². The van der Waals surface area contributed by atoms with Crippen molar-refractivity contribution < 1.29 is 9.59 Å². The van der Waals surface area contributed by atoms with E-state index in [4.69, 9.17) is 0 Å². The van der Waals surface area contributed by atoms with E-state index in [0.717, 1.165) is 17.0 Å². The summed E-state index contributed by atoms with van der Waals surface area (Å²) in [5.74, 6) is -0.114. The van der Waals surface area contributed by atoms with Crippen molar-refractivity contribution in [2.24, 2.45) is 5.92 Å². The second-order valence-corrected chi connectivity index (χ2v) is 7.21. The molecule has 0 saturated heterocycles. The summed E-state index contributed by atoms with van der Waals surface area (Å²) in [5, 5.41) is 14.7. The molecule has 2 N–H and O–H groups in total. The smallest absolute Gasteiger partial charge is 0.251 e. The minimum Gasteiger partial charge on any atom is -0.341 e. The first-order valence-electron chi connectivity index (χ1n) is 7.86. The topological polar surface area (TPSA) is 84.0 Å². The van der Waals surface area contributed by atoms with Crippen LogP contribution in [0.3, 0.4) is 0 Å². The molecular weight excluding hydrogens is 324 g/mol. The van der Waals surface area contributed by atoms with Gasteiger partial charge < -0.3 is 5.32 Å². The van der Waals surface area contributed by atoms with Crippen LogP contribution in [0.4, 0.5) is 5.13 Å². The molecule has 1 unspecified atom stereocenters. The van der Waals surface area contributed by atoms with Crippen LogP contribution in [0, 0.1) is 12.8 Å². The fourth-order valence-corrected chi connectivity index (χ4v) is 3.04. The van der Waals surface area contributed by atoms with E-state index in [-0.39, 0.29) is 11.8 Å². The number of nitrogens with one attached hydrogen (secondary N) is 2. The third kappa shape index (κ3) is 5.13. The Morgan fingerprint density at radius 3 is 2.62 bits per heavy atom. The molecule has 0 aliphatic heterocycles. The van der Waals surface area contributed by atoms with Gasteiger partial charge in [0, 0.05) is 12.0 Å². The zero-order chi connectivity index (χ0) is 17.7. The first kappa shape index (κ1) is 18.1. The second kappa shape index (κ2) is 8.01. The normalized spacial score (nSPS) is 12.0. The monoisotopic (exact) mass is 346 g/mol. The highest BCUT2D eigenvalue weighted by atomic mass is 32.1. The van der Waals surface area contributed by atoms with Crippen LogP contribution in [0.5, 0.6) is 0 Å². The summed E-state index contributed by atoms with van der Waals surface area (Å²) in [6, 6.07) is 6.55. The maximum Gasteiger partial charge on any atom is 0.251 e. The molecule has 6 nitrogen and oxygen atoms in total. The Morgan fingerprint density at radius 1 is 1.21 bits per heavy atom. The van der Waals surface area contributed by atoms with Crippen molar-refractivity contribution in [1.29, 1.82) is 0 Å². The highest BCUT2D eigenvalue weighted by molar-refractivity contribution is 7.15. The van der Waals surface area contributed by atoms with Crippen molar-refractivity contribution in [2.45, 2.75) is 40.2 Å². The predicted molar refractivity (Wildman–Crippen MR) is 95.2 cm³/mol. The number of nitrogens with zero attached hydrogens (tertiary/aromatic N) is 2. The van der Waals surface area contributed by atoms with Gasteiger partial charge in [-0.1, -0.05) is 42.9 Å². The van der Waals surface area contributed by atoms with E-state index in [9.17, 15) is 9.59 Å². The Morgan fingerprint density at radius 2 is 1.96 bits per heavy atom. The van der Waals surface area contributed by atoms with Crippen molar-refractivity contribution >= 4 is 28.3 Å². The zero-order valence-corrected chi connectivity index (χ0v) is 15.1. The number of benzene rings is 1. The van der Waals surface area contributed by atoms with Crippen molar-refractivity contribution in [1.82, 2.24) is 15.5 Å². The minimum absolute atomic E-state index is 0.279. The lowest BCUT2D eigenvalue weighted by molar-refractivity contribution is -0.117. The Bertz CT molecular complexity index is 727. The van der Waals surface area contributed by atoms with E-state index < -0.39 is 6.04 Å². The van der Waals surface area contributed by atoms with Crippen LogP contribution in [0.25, 0.3) is 0 Å². The largest absolute Gasteiger partial charge is 0.341 e. The quantitative estimate of drug-likeness (QED) is 0.842.